The van der Waals surface area contributed by atoms with Gasteiger partial charge < -0.3 is 4.74 Å². The minimum Gasteiger partial charge on any atom is -0.371 e. The molecule has 0 radical (unpaired) electrons. The van der Waals surface area contributed by atoms with E-state index in [1.807, 2.05) is 20.8 Å². The third-order valence-electron chi connectivity index (χ3n) is 3.04. The zero-order valence-corrected chi connectivity index (χ0v) is 12.6. The van der Waals surface area contributed by atoms with Gasteiger partial charge in [-0.05, 0) is 33.1 Å². The van der Waals surface area contributed by atoms with Crippen LogP contribution in [0.2, 0.25) is 0 Å². The third-order valence-corrected chi connectivity index (χ3v) is 3.04. The molecule has 0 aliphatic rings. The molecule has 3 atom stereocenters. The molecule has 0 saturated carbocycles. The lowest BCUT2D eigenvalue weighted by Crippen LogP contribution is -2.30. The van der Waals surface area contributed by atoms with Gasteiger partial charge in [0.15, 0.2) is 23.1 Å². The summed E-state index contributed by atoms with van der Waals surface area (Å²) < 4.78 is 5.33. The highest BCUT2D eigenvalue weighted by molar-refractivity contribution is 5.99. The fraction of sp³-hybridized carbons (Fsp3) is 0.857. The van der Waals surface area contributed by atoms with Crippen LogP contribution >= 0.6 is 0 Å². The van der Waals surface area contributed by atoms with Crippen molar-refractivity contribution < 1.29 is 24.1 Å². The van der Waals surface area contributed by atoms with Crippen LogP contribution in [0, 0.1) is 5.92 Å². The summed E-state index contributed by atoms with van der Waals surface area (Å²) in [6, 6.07) is 0. The Hall–Kier alpha value is -0.408. The molecule has 3 unspecified atom stereocenters. The largest absolute Gasteiger partial charge is 0.371 e. The van der Waals surface area contributed by atoms with E-state index in [-0.39, 0.29) is 42.0 Å². The van der Waals surface area contributed by atoms with Crippen LogP contribution in [0.25, 0.3) is 0 Å². The minimum absolute atomic E-state index is 0. The van der Waals surface area contributed by atoms with Gasteiger partial charge in [-0.15, -0.1) is 0 Å². The van der Waals surface area contributed by atoms with Crippen LogP contribution in [0.1, 0.15) is 53.9 Å². The van der Waals surface area contributed by atoms with E-state index in [4.69, 9.17) is 9.62 Å². The summed E-state index contributed by atoms with van der Waals surface area (Å²) in [7, 11) is 0. The molecule has 0 amide bonds. The Kier molecular flexibility index (Phi) is 13.5. The number of Topliss-reactive ketones (excluding diaryl/α,β-unsaturated/α-hetero) is 1. The van der Waals surface area contributed by atoms with Gasteiger partial charge in [0, 0.05) is 0 Å². The third kappa shape index (κ3) is 8.70. The number of ketones is 1. The SMILES string of the molecule is CCC(C)OCC(=O)C(CC)C(=O)OOC(C)CC.[AlH3]. The van der Waals surface area contributed by atoms with E-state index in [1.54, 1.807) is 13.8 Å². The molecule has 0 aliphatic heterocycles. The van der Waals surface area contributed by atoms with Crippen molar-refractivity contribution in [3.8, 4) is 0 Å². The highest BCUT2D eigenvalue weighted by Crippen LogP contribution is 2.10. The van der Waals surface area contributed by atoms with E-state index < -0.39 is 11.9 Å². The van der Waals surface area contributed by atoms with Crippen molar-refractivity contribution in [2.45, 2.75) is 66.1 Å². The number of carbonyl (C=O) groups excluding carboxylic acids is 2. The van der Waals surface area contributed by atoms with Crippen molar-refractivity contribution in [1.29, 1.82) is 0 Å². The molecule has 0 aromatic carbocycles. The second-order valence-electron chi connectivity index (χ2n) is 4.67. The van der Waals surface area contributed by atoms with E-state index >= 15 is 0 Å². The van der Waals surface area contributed by atoms with E-state index in [2.05, 4.69) is 4.89 Å². The molecular weight excluding hydrogens is 275 g/mol. The summed E-state index contributed by atoms with van der Waals surface area (Å²) in [5.41, 5.74) is 0. The molecular formula is C14H29AlO5. The van der Waals surface area contributed by atoms with Gasteiger partial charge in [0.05, 0.1) is 6.10 Å². The van der Waals surface area contributed by atoms with E-state index in [0.29, 0.717) is 6.42 Å². The molecule has 0 spiro atoms. The first-order chi connectivity index (χ1) is 8.96. The van der Waals surface area contributed by atoms with E-state index in [9.17, 15) is 9.59 Å². The molecule has 0 saturated heterocycles. The van der Waals surface area contributed by atoms with Crippen molar-refractivity contribution >= 4 is 29.1 Å². The maximum atomic E-state index is 11.9. The number of hydrogen-bond acceptors (Lipinski definition) is 5. The fourth-order valence-electron chi connectivity index (χ4n) is 1.22. The van der Waals surface area contributed by atoms with Crippen LogP contribution in [-0.4, -0.2) is 47.9 Å². The molecule has 5 nitrogen and oxygen atoms in total. The normalized spacial score (nSPS) is 14.8. The summed E-state index contributed by atoms with van der Waals surface area (Å²) in [6.45, 7) is 9.27. The molecule has 118 valence electrons. The Labute approximate surface area is 132 Å². The molecule has 0 aliphatic carbocycles. The highest BCUT2D eigenvalue weighted by atomic mass is 27.0. The van der Waals surface area contributed by atoms with Crippen molar-refractivity contribution in [3.63, 3.8) is 0 Å². The minimum atomic E-state index is -0.812. The number of hydrogen-bond donors (Lipinski definition) is 0. The summed E-state index contributed by atoms with van der Waals surface area (Å²) in [4.78, 5) is 33.2. The Morgan fingerprint density at radius 2 is 1.50 bits per heavy atom. The molecule has 20 heavy (non-hydrogen) atoms. The fourth-order valence-corrected chi connectivity index (χ4v) is 1.22. The van der Waals surface area contributed by atoms with Gasteiger partial charge in [-0.2, -0.15) is 4.89 Å². The van der Waals surface area contributed by atoms with Crippen LogP contribution in [0.15, 0.2) is 0 Å². The van der Waals surface area contributed by atoms with Crippen molar-refractivity contribution in [2.24, 2.45) is 5.92 Å². The number of ether oxygens (including phenoxy) is 1. The average molecular weight is 304 g/mol. The molecule has 0 fully saturated rings. The van der Waals surface area contributed by atoms with Crippen molar-refractivity contribution in [3.05, 3.63) is 0 Å². The van der Waals surface area contributed by atoms with E-state index in [1.165, 1.54) is 0 Å². The summed E-state index contributed by atoms with van der Waals surface area (Å²) in [6.07, 6.45) is 1.77. The molecule has 6 heteroatoms. The van der Waals surface area contributed by atoms with Crippen LogP contribution in [0.3, 0.4) is 0 Å². The Morgan fingerprint density at radius 1 is 0.950 bits per heavy atom. The lowest BCUT2D eigenvalue weighted by atomic mass is 10.0. The lowest BCUT2D eigenvalue weighted by Gasteiger charge is -2.15. The smallest absolute Gasteiger partial charge is 0.352 e. The second-order valence-corrected chi connectivity index (χ2v) is 4.67. The Balaban J connectivity index is 0. The molecule has 0 aromatic heterocycles. The Bertz CT molecular complexity index is 257. The zero-order chi connectivity index (χ0) is 14.8. The van der Waals surface area contributed by atoms with Crippen LogP contribution in [0.5, 0.6) is 0 Å². The quantitative estimate of drug-likeness (QED) is 0.265. The maximum absolute atomic E-state index is 11.9. The van der Waals surface area contributed by atoms with Gasteiger partial charge >= 0.3 is 5.97 Å². The van der Waals surface area contributed by atoms with Crippen LogP contribution in [0.4, 0.5) is 0 Å². The van der Waals surface area contributed by atoms with Gasteiger partial charge in [-0.3, -0.25) is 9.68 Å². The standard InChI is InChI=1S/C14H26O5.Al.3H/c1-6-10(4)17-9-13(15)12(8-3)14(16)19-18-11(5)7-2;;;;/h10-12H,6-9H2,1-5H3;;;;. The maximum Gasteiger partial charge on any atom is 0.352 e. The van der Waals surface area contributed by atoms with E-state index in [0.717, 1.165) is 12.8 Å². The predicted octanol–water partition coefficient (Wildman–Crippen LogP) is 1.49. The summed E-state index contributed by atoms with van der Waals surface area (Å²) in [5.74, 6) is -1.71. The summed E-state index contributed by atoms with van der Waals surface area (Å²) in [5, 5.41) is 0. The zero-order valence-electron chi connectivity index (χ0n) is 12.6. The van der Waals surface area contributed by atoms with Gasteiger partial charge in [0.2, 0.25) is 0 Å². The lowest BCUT2D eigenvalue weighted by molar-refractivity contribution is -0.297. The Morgan fingerprint density at radius 3 is 1.95 bits per heavy atom. The molecule has 0 bridgehead atoms. The van der Waals surface area contributed by atoms with Crippen molar-refractivity contribution in [2.75, 3.05) is 6.61 Å². The van der Waals surface area contributed by atoms with Gasteiger partial charge in [0.25, 0.3) is 0 Å². The second kappa shape index (κ2) is 12.3. The number of carbonyl (C=O) groups is 2. The molecule has 0 N–H and O–H groups in total. The predicted molar refractivity (Wildman–Crippen MR) is 81.4 cm³/mol. The number of rotatable bonds is 10. The summed E-state index contributed by atoms with van der Waals surface area (Å²) >= 11 is 0. The van der Waals surface area contributed by atoms with Gasteiger partial charge in [-0.1, -0.05) is 20.8 Å². The van der Waals surface area contributed by atoms with Crippen LogP contribution in [-0.2, 0) is 24.1 Å². The molecule has 0 rings (SSSR count). The van der Waals surface area contributed by atoms with Crippen molar-refractivity contribution in [1.82, 2.24) is 0 Å². The topological polar surface area (TPSA) is 61.8 Å². The first-order valence-corrected chi connectivity index (χ1v) is 6.97. The molecule has 0 aromatic rings. The van der Waals surface area contributed by atoms with Gasteiger partial charge in [-0.25, -0.2) is 4.79 Å². The first-order valence-electron chi connectivity index (χ1n) is 6.97. The molecule has 0 heterocycles. The van der Waals surface area contributed by atoms with Gasteiger partial charge in [0.1, 0.15) is 18.6 Å². The first kappa shape index (κ1) is 21.9. The van der Waals surface area contributed by atoms with Crippen LogP contribution < -0.4 is 0 Å². The monoisotopic (exact) mass is 304 g/mol. The highest BCUT2D eigenvalue weighted by Gasteiger charge is 2.28. The average Bonchev–Trinajstić information content (AvgIpc) is 2.42.